The zero-order chi connectivity index (χ0) is 14.7. The van der Waals surface area contributed by atoms with Crippen LogP contribution < -0.4 is 11.1 Å². The third-order valence-electron chi connectivity index (χ3n) is 2.98. The summed E-state index contributed by atoms with van der Waals surface area (Å²) in [6, 6.07) is 12.2. The molecule has 0 fully saturated rings. The van der Waals surface area contributed by atoms with Gasteiger partial charge in [-0.15, -0.1) is 0 Å². The fraction of sp³-hybridized carbons (Fsp3) is 0. The lowest BCUT2D eigenvalue weighted by Gasteiger charge is -2.01. The first-order valence-corrected chi connectivity index (χ1v) is 6.35. The molecular weight excluding hydrogens is 266 g/mol. The molecule has 6 heteroatoms. The Bertz CT molecular complexity index is 749. The highest BCUT2D eigenvalue weighted by atomic mass is 16.1. The third kappa shape index (κ3) is 2.89. The molecule has 1 amide bonds. The second-order valence-corrected chi connectivity index (χ2v) is 4.48. The number of aromatic amines is 1. The van der Waals surface area contributed by atoms with Gasteiger partial charge in [0, 0.05) is 35.3 Å². The molecule has 21 heavy (non-hydrogen) atoms. The summed E-state index contributed by atoms with van der Waals surface area (Å²) in [6.07, 6.45) is 3.39. The third-order valence-corrected chi connectivity index (χ3v) is 2.98. The highest BCUT2D eigenvalue weighted by molar-refractivity contribution is 6.04. The zero-order valence-corrected chi connectivity index (χ0v) is 11.1. The fourth-order valence-electron chi connectivity index (χ4n) is 1.89. The van der Waals surface area contributed by atoms with E-state index < -0.39 is 0 Å². The molecule has 0 bridgehead atoms. The molecule has 6 nitrogen and oxygen atoms in total. The molecule has 2 aromatic heterocycles. The Balaban J connectivity index is 1.75. The summed E-state index contributed by atoms with van der Waals surface area (Å²) in [7, 11) is 0. The molecule has 0 unspecified atom stereocenters. The van der Waals surface area contributed by atoms with Crippen LogP contribution in [0.4, 0.5) is 11.5 Å². The average molecular weight is 279 g/mol. The predicted molar refractivity (Wildman–Crippen MR) is 80.6 cm³/mol. The molecule has 104 valence electrons. The first-order valence-electron chi connectivity index (χ1n) is 6.35. The van der Waals surface area contributed by atoms with Gasteiger partial charge < -0.3 is 11.1 Å². The van der Waals surface area contributed by atoms with Crippen LogP contribution in [-0.2, 0) is 0 Å². The van der Waals surface area contributed by atoms with Crippen molar-refractivity contribution >= 4 is 17.4 Å². The number of H-pyrrole nitrogens is 1. The van der Waals surface area contributed by atoms with Crippen LogP contribution in [0.1, 0.15) is 10.4 Å². The van der Waals surface area contributed by atoms with Crippen LogP contribution in [0, 0.1) is 0 Å². The van der Waals surface area contributed by atoms with Crippen LogP contribution in [0.2, 0.25) is 0 Å². The van der Waals surface area contributed by atoms with E-state index in [1.807, 2.05) is 12.1 Å². The predicted octanol–water partition coefficient (Wildman–Crippen LogP) is 2.31. The van der Waals surface area contributed by atoms with Gasteiger partial charge in [-0.3, -0.25) is 14.9 Å². The molecule has 0 aliphatic carbocycles. The second kappa shape index (κ2) is 5.46. The molecule has 2 heterocycles. The minimum Gasteiger partial charge on any atom is -0.399 e. The SMILES string of the molecule is Nc1ccc(C(=O)Nc2cc(-c3ccncc3)[nH]n2)cc1. The maximum Gasteiger partial charge on any atom is 0.256 e. The molecular formula is C15H13N5O. The summed E-state index contributed by atoms with van der Waals surface area (Å²) >= 11 is 0. The number of carbonyl (C=O) groups is 1. The lowest BCUT2D eigenvalue weighted by atomic mass is 10.2. The number of hydrogen-bond donors (Lipinski definition) is 3. The summed E-state index contributed by atoms with van der Waals surface area (Å²) in [4.78, 5) is 16.0. The number of aromatic nitrogens is 3. The Morgan fingerprint density at radius 3 is 2.52 bits per heavy atom. The molecule has 3 aromatic rings. The van der Waals surface area contributed by atoms with Gasteiger partial charge in [0.05, 0.1) is 5.69 Å². The van der Waals surface area contributed by atoms with E-state index in [2.05, 4.69) is 20.5 Å². The molecule has 1 aromatic carbocycles. The molecule has 3 rings (SSSR count). The summed E-state index contributed by atoms with van der Waals surface area (Å²) < 4.78 is 0. The number of pyridine rings is 1. The molecule has 0 aliphatic heterocycles. The van der Waals surface area contributed by atoms with Crippen LogP contribution in [0.5, 0.6) is 0 Å². The molecule has 0 radical (unpaired) electrons. The molecule has 4 N–H and O–H groups in total. The van der Waals surface area contributed by atoms with E-state index in [-0.39, 0.29) is 5.91 Å². The van der Waals surface area contributed by atoms with Crippen molar-refractivity contribution in [2.45, 2.75) is 0 Å². The van der Waals surface area contributed by atoms with Gasteiger partial charge in [0.2, 0.25) is 0 Å². The summed E-state index contributed by atoms with van der Waals surface area (Å²) in [6.45, 7) is 0. The fourth-order valence-corrected chi connectivity index (χ4v) is 1.89. The minimum absolute atomic E-state index is 0.234. The Morgan fingerprint density at radius 2 is 1.81 bits per heavy atom. The van der Waals surface area contributed by atoms with Crippen LogP contribution >= 0.6 is 0 Å². The normalized spacial score (nSPS) is 10.3. The van der Waals surface area contributed by atoms with Crippen molar-refractivity contribution in [2.24, 2.45) is 0 Å². The lowest BCUT2D eigenvalue weighted by Crippen LogP contribution is -2.12. The van der Waals surface area contributed by atoms with Crippen LogP contribution in [0.15, 0.2) is 54.9 Å². The van der Waals surface area contributed by atoms with Gasteiger partial charge in [-0.05, 0) is 36.4 Å². The van der Waals surface area contributed by atoms with Gasteiger partial charge in [-0.1, -0.05) is 0 Å². The monoisotopic (exact) mass is 279 g/mol. The van der Waals surface area contributed by atoms with Gasteiger partial charge >= 0.3 is 0 Å². The van der Waals surface area contributed by atoms with Crippen molar-refractivity contribution in [3.8, 4) is 11.3 Å². The smallest absolute Gasteiger partial charge is 0.256 e. The standard InChI is InChI=1S/C15H13N5O/c16-12-3-1-11(2-4-12)15(21)18-14-9-13(19-20-14)10-5-7-17-8-6-10/h1-9H,16H2,(H2,18,19,20,21). The number of nitrogen functional groups attached to an aromatic ring is 1. The number of hydrogen-bond acceptors (Lipinski definition) is 4. The quantitative estimate of drug-likeness (QED) is 0.641. The van der Waals surface area contributed by atoms with Gasteiger partial charge in [-0.2, -0.15) is 5.10 Å². The molecule has 0 saturated carbocycles. The largest absolute Gasteiger partial charge is 0.399 e. The van der Waals surface area contributed by atoms with E-state index in [4.69, 9.17) is 5.73 Å². The van der Waals surface area contributed by atoms with Crippen LogP contribution in [0.3, 0.4) is 0 Å². The zero-order valence-electron chi connectivity index (χ0n) is 11.1. The number of rotatable bonds is 3. The molecule has 0 saturated heterocycles. The van der Waals surface area contributed by atoms with E-state index in [0.717, 1.165) is 11.3 Å². The molecule has 0 atom stereocenters. The van der Waals surface area contributed by atoms with E-state index >= 15 is 0 Å². The van der Waals surface area contributed by atoms with Crippen LogP contribution in [0.25, 0.3) is 11.3 Å². The average Bonchev–Trinajstić information content (AvgIpc) is 2.97. The van der Waals surface area contributed by atoms with Gasteiger partial charge in [0.1, 0.15) is 0 Å². The van der Waals surface area contributed by atoms with E-state index in [9.17, 15) is 4.79 Å². The Morgan fingerprint density at radius 1 is 1.10 bits per heavy atom. The minimum atomic E-state index is -0.234. The van der Waals surface area contributed by atoms with Crippen molar-refractivity contribution in [3.63, 3.8) is 0 Å². The number of nitrogens with two attached hydrogens (primary N) is 1. The van der Waals surface area contributed by atoms with Gasteiger partial charge in [0.15, 0.2) is 5.82 Å². The Labute approximate surface area is 121 Å². The Kier molecular flexibility index (Phi) is 3.34. The van der Waals surface area contributed by atoms with Gasteiger partial charge in [0.25, 0.3) is 5.91 Å². The van der Waals surface area contributed by atoms with Crippen LogP contribution in [-0.4, -0.2) is 21.1 Å². The number of nitrogens with zero attached hydrogens (tertiary/aromatic N) is 2. The summed E-state index contributed by atoms with van der Waals surface area (Å²) in [5, 5.41) is 9.68. The first-order chi connectivity index (χ1) is 10.2. The van der Waals surface area contributed by atoms with Crippen molar-refractivity contribution in [2.75, 3.05) is 11.1 Å². The topological polar surface area (TPSA) is 96.7 Å². The summed E-state index contributed by atoms with van der Waals surface area (Å²) in [5.41, 5.74) is 8.50. The van der Waals surface area contributed by atoms with Crippen molar-refractivity contribution in [3.05, 3.63) is 60.4 Å². The second-order valence-electron chi connectivity index (χ2n) is 4.48. The van der Waals surface area contributed by atoms with E-state index in [1.165, 1.54) is 0 Å². The van der Waals surface area contributed by atoms with E-state index in [1.54, 1.807) is 42.7 Å². The van der Waals surface area contributed by atoms with E-state index in [0.29, 0.717) is 17.1 Å². The lowest BCUT2D eigenvalue weighted by molar-refractivity contribution is 0.102. The van der Waals surface area contributed by atoms with Gasteiger partial charge in [-0.25, -0.2) is 0 Å². The first kappa shape index (κ1) is 12.9. The number of amides is 1. The number of benzene rings is 1. The van der Waals surface area contributed by atoms with Crippen molar-refractivity contribution in [1.82, 2.24) is 15.2 Å². The highest BCUT2D eigenvalue weighted by Crippen LogP contribution is 2.19. The molecule has 0 spiro atoms. The van der Waals surface area contributed by atoms with Crippen molar-refractivity contribution in [1.29, 1.82) is 0 Å². The number of carbonyl (C=O) groups excluding carboxylic acids is 1. The number of nitrogens with one attached hydrogen (secondary N) is 2. The maximum absolute atomic E-state index is 12.1. The van der Waals surface area contributed by atoms with Crippen molar-refractivity contribution < 1.29 is 4.79 Å². The molecule has 0 aliphatic rings. The highest BCUT2D eigenvalue weighted by Gasteiger charge is 2.09. The maximum atomic E-state index is 12.1. The number of anilines is 2. The summed E-state index contributed by atoms with van der Waals surface area (Å²) in [5.74, 6) is 0.228. The Hall–Kier alpha value is -3.15.